The molecule has 0 fully saturated rings. The third kappa shape index (κ3) is 3.85. The standard InChI is InChI=1S/C14H20F3NO3S/c1-5-22-6-13(3,4)8-7(2)10(19)9(18)12(11(8)20)21-14(15,16)17/h19-20H,5-6,18H2,1-4H3. The molecule has 0 unspecified atom stereocenters. The summed E-state index contributed by atoms with van der Waals surface area (Å²) in [5.74, 6) is -0.795. The van der Waals surface area contributed by atoms with Gasteiger partial charge < -0.3 is 20.7 Å². The molecule has 4 N–H and O–H groups in total. The maximum absolute atomic E-state index is 12.5. The molecule has 4 nitrogen and oxygen atoms in total. The number of nitrogens with two attached hydrogens (primary N) is 1. The number of phenolic OH excluding ortho intramolecular Hbond substituents is 2. The summed E-state index contributed by atoms with van der Waals surface area (Å²) in [6.07, 6.45) is -5.02. The lowest BCUT2D eigenvalue weighted by molar-refractivity contribution is -0.274. The average molecular weight is 339 g/mol. The van der Waals surface area contributed by atoms with Crippen molar-refractivity contribution in [3.05, 3.63) is 11.1 Å². The smallest absolute Gasteiger partial charge is 0.505 e. The number of benzene rings is 1. The van der Waals surface area contributed by atoms with Crippen LogP contribution in [0.4, 0.5) is 18.9 Å². The highest BCUT2D eigenvalue weighted by atomic mass is 32.2. The molecular weight excluding hydrogens is 319 g/mol. The number of nitrogen functional groups attached to an aromatic ring is 1. The molecule has 0 aliphatic heterocycles. The first kappa shape index (κ1) is 18.6. The van der Waals surface area contributed by atoms with Crippen molar-refractivity contribution < 1.29 is 28.1 Å². The van der Waals surface area contributed by atoms with Crippen LogP contribution in [0.1, 0.15) is 31.9 Å². The number of hydrogen-bond acceptors (Lipinski definition) is 5. The first-order valence-electron chi connectivity index (χ1n) is 6.60. The van der Waals surface area contributed by atoms with Crippen LogP contribution in [0, 0.1) is 6.92 Å². The Hall–Kier alpha value is -1.44. The fourth-order valence-corrected chi connectivity index (χ4v) is 3.18. The van der Waals surface area contributed by atoms with Gasteiger partial charge in [-0.05, 0) is 12.7 Å². The van der Waals surface area contributed by atoms with E-state index >= 15 is 0 Å². The van der Waals surface area contributed by atoms with E-state index in [1.54, 1.807) is 25.6 Å². The van der Waals surface area contributed by atoms with Crippen molar-refractivity contribution in [2.24, 2.45) is 0 Å². The lowest BCUT2D eigenvalue weighted by Crippen LogP contribution is -2.24. The first-order chi connectivity index (χ1) is 9.92. The van der Waals surface area contributed by atoms with Crippen LogP contribution in [-0.2, 0) is 5.41 Å². The molecule has 0 aliphatic carbocycles. The molecule has 0 saturated carbocycles. The van der Waals surface area contributed by atoms with Gasteiger partial charge in [-0.1, -0.05) is 20.8 Å². The molecule has 1 rings (SSSR count). The Labute approximate surface area is 131 Å². The van der Waals surface area contributed by atoms with Crippen molar-refractivity contribution in [1.82, 2.24) is 0 Å². The van der Waals surface area contributed by atoms with Crippen molar-refractivity contribution in [2.75, 3.05) is 17.2 Å². The second-order valence-corrected chi connectivity index (χ2v) is 6.78. The van der Waals surface area contributed by atoms with E-state index in [4.69, 9.17) is 5.73 Å². The van der Waals surface area contributed by atoms with Gasteiger partial charge in [0.1, 0.15) is 11.4 Å². The lowest BCUT2D eigenvalue weighted by atomic mass is 9.82. The number of aromatic hydroxyl groups is 2. The number of halogens is 3. The highest BCUT2D eigenvalue weighted by molar-refractivity contribution is 7.99. The molecule has 0 aliphatic rings. The Bertz CT molecular complexity index is 559. The van der Waals surface area contributed by atoms with Crippen molar-refractivity contribution in [2.45, 2.75) is 39.5 Å². The maximum Gasteiger partial charge on any atom is 0.573 e. The van der Waals surface area contributed by atoms with Gasteiger partial charge in [0.05, 0.1) is 0 Å². The van der Waals surface area contributed by atoms with E-state index in [9.17, 15) is 23.4 Å². The van der Waals surface area contributed by atoms with Gasteiger partial charge in [0, 0.05) is 22.3 Å². The van der Waals surface area contributed by atoms with Crippen molar-refractivity contribution in [1.29, 1.82) is 0 Å². The number of alkyl halides is 3. The molecular formula is C14H20F3NO3S. The molecule has 0 heterocycles. The summed E-state index contributed by atoms with van der Waals surface area (Å²) in [6, 6.07) is 0. The fraction of sp³-hybridized carbons (Fsp3) is 0.571. The van der Waals surface area contributed by atoms with Gasteiger partial charge in [-0.2, -0.15) is 11.8 Å². The quantitative estimate of drug-likeness (QED) is 0.431. The van der Waals surface area contributed by atoms with E-state index in [-0.39, 0.29) is 11.1 Å². The van der Waals surface area contributed by atoms with Crippen LogP contribution in [-0.4, -0.2) is 28.1 Å². The summed E-state index contributed by atoms with van der Waals surface area (Å²) >= 11 is 1.57. The summed E-state index contributed by atoms with van der Waals surface area (Å²) in [5.41, 5.74) is 4.59. The van der Waals surface area contributed by atoms with E-state index in [0.717, 1.165) is 5.75 Å². The molecule has 0 radical (unpaired) electrons. The minimum Gasteiger partial charge on any atom is -0.505 e. The maximum atomic E-state index is 12.5. The van der Waals surface area contributed by atoms with Crippen LogP contribution in [0.15, 0.2) is 0 Å². The van der Waals surface area contributed by atoms with Crippen LogP contribution < -0.4 is 10.5 Å². The molecule has 1 aromatic rings. The minimum absolute atomic E-state index is 0.194. The van der Waals surface area contributed by atoms with Crippen molar-refractivity contribution in [3.8, 4) is 17.2 Å². The molecule has 0 amide bonds. The second-order valence-electron chi connectivity index (χ2n) is 5.51. The Balaban J connectivity index is 3.52. The van der Waals surface area contributed by atoms with Crippen molar-refractivity contribution in [3.63, 3.8) is 0 Å². The fourth-order valence-electron chi connectivity index (χ4n) is 2.32. The van der Waals surface area contributed by atoms with Crippen LogP contribution in [0.3, 0.4) is 0 Å². The summed E-state index contributed by atoms with van der Waals surface area (Å²) < 4.78 is 41.3. The highest BCUT2D eigenvalue weighted by Crippen LogP contribution is 2.50. The zero-order valence-corrected chi connectivity index (χ0v) is 13.7. The van der Waals surface area contributed by atoms with Crippen LogP contribution in [0.25, 0.3) is 0 Å². The van der Waals surface area contributed by atoms with E-state index in [0.29, 0.717) is 5.75 Å². The molecule has 126 valence electrons. The zero-order valence-electron chi connectivity index (χ0n) is 12.8. The minimum atomic E-state index is -5.02. The van der Waals surface area contributed by atoms with E-state index in [1.165, 1.54) is 6.92 Å². The van der Waals surface area contributed by atoms with Crippen molar-refractivity contribution >= 4 is 17.4 Å². The third-order valence-corrected chi connectivity index (χ3v) is 4.58. The van der Waals surface area contributed by atoms with E-state index in [1.807, 2.05) is 6.92 Å². The van der Waals surface area contributed by atoms with Gasteiger partial charge >= 0.3 is 6.36 Å². The molecule has 0 atom stereocenters. The largest absolute Gasteiger partial charge is 0.573 e. The number of phenols is 2. The number of rotatable bonds is 5. The normalized spacial score (nSPS) is 12.5. The molecule has 22 heavy (non-hydrogen) atoms. The van der Waals surface area contributed by atoms with Gasteiger partial charge in [-0.15, -0.1) is 13.2 Å². The zero-order chi connectivity index (χ0) is 17.3. The Kier molecular flexibility index (Phi) is 5.38. The predicted octanol–water partition coefficient (Wildman–Crippen LogP) is 3.92. The number of anilines is 1. The molecule has 0 bridgehead atoms. The Morgan fingerprint density at radius 2 is 1.73 bits per heavy atom. The van der Waals surface area contributed by atoms with Gasteiger partial charge in [-0.3, -0.25) is 0 Å². The number of thioether (sulfide) groups is 1. The Morgan fingerprint density at radius 3 is 2.18 bits per heavy atom. The monoisotopic (exact) mass is 339 g/mol. The second kappa shape index (κ2) is 6.36. The highest BCUT2D eigenvalue weighted by Gasteiger charge is 2.37. The van der Waals surface area contributed by atoms with Gasteiger partial charge in [0.15, 0.2) is 11.5 Å². The number of hydrogen-bond donors (Lipinski definition) is 3. The predicted molar refractivity (Wildman–Crippen MR) is 81.6 cm³/mol. The first-order valence-corrected chi connectivity index (χ1v) is 7.75. The SMILES string of the molecule is CCSCC(C)(C)c1c(C)c(O)c(N)c(OC(F)(F)F)c1O. The topological polar surface area (TPSA) is 75.7 Å². The lowest BCUT2D eigenvalue weighted by Gasteiger charge is -2.29. The van der Waals surface area contributed by atoms with Gasteiger partial charge in [0.2, 0.25) is 0 Å². The Morgan fingerprint density at radius 1 is 1.18 bits per heavy atom. The summed E-state index contributed by atoms with van der Waals surface area (Å²) in [7, 11) is 0. The summed E-state index contributed by atoms with van der Waals surface area (Å²) in [6.45, 7) is 6.98. The average Bonchev–Trinajstić information content (AvgIpc) is 2.38. The molecule has 0 saturated heterocycles. The van der Waals surface area contributed by atoms with Crippen LogP contribution in [0.5, 0.6) is 17.2 Å². The van der Waals surface area contributed by atoms with E-state index in [2.05, 4.69) is 4.74 Å². The summed E-state index contributed by atoms with van der Waals surface area (Å²) in [5, 5.41) is 20.2. The molecule has 1 aromatic carbocycles. The third-order valence-electron chi connectivity index (χ3n) is 3.24. The summed E-state index contributed by atoms with van der Waals surface area (Å²) in [4.78, 5) is 0. The molecule has 0 spiro atoms. The van der Waals surface area contributed by atoms with Crippen LogP contribution >= 0.6 is 11.8 Å². The molecule has 0 aromatic heterocycles. The number of ether oxygens (including phenoxy) is 1. The van der Waals surface area contributed by atoms with Crippen LogP contribution in [0.2, 0.25) is 0 Å². The van der Waals surface area contributed by atoms with E-state index < -0.39 is 34.7 Å². The van der Waals surface area contributed by atoms with Gasteiger partial charge in [-0.25, -0.2) is 0 Å². The molecule has 8 heteroatoms. The van der Waals surface area contributed by atoms with Gasteiger partial charge in [0.25, 0.3) is 0 Å².